The number of allylic oxidation sites excluding steroid dienone is 4. The minimum absolute atomic E-state index is 0.0419. The molecule has 1 aliphatic rings. The second-order valence-electron chi connectivity index (χ2n) is 5.67. The van der Waals surface area contributed by atoms with Crippen molar-refractivity contribution in [3.05, 3.63) is 78.0 Å². The molecule has 1 amide bonds. The summed E-state index contributed by atoms with van der Waals surface area (Å²) in [5.41, 5.74) is 3.84. The molecule has 124 valence electrons. The third kappa shape index (κ3) is 4.19. The van der Waals surface area contributed by atoms with Crippen LogP contribution in [0.4, 0.5) is 0 Å². The normalized spacial score (nSPS) is 18.1. The van der Waals surface area contributed by atoms with E-state index < -0.39 is 0 Å². The van der Waals surface area contributed by atoms with Crippen molar-refractivity contribution in [2.24, 2.45) is 0 Å². The summed E-state index contributed by atoms with van der Waals surface area (Å²) in [4.78, 5) is 25.0. The quantitative estimate of drug-likeness (QED) is 0.550. The van der Waals surface area contributed by atoms with Gasteiger partial charge in [0.05, 0.1) is 12.2 Å². The third-order valence-electron chi connectivity index (χ3n) is 4.09. The van der Waals surface area contributed by atoms with Gasteiger partial charge in [-0.25, -0.2) is 0 Å². The number of fused-ring (bicyclic) bond motifs is 1. The Bertz CT molecular complexity index is 698. The first kappa shape index (κ1) is 17.7. The number of carbonyl (C=O) groups is 2. The van der Waals surface area contributed by atoms with Crippen LogP contribution >= 0.6 is 0 Å². The number of unbranched alkanes of at least 4 members (excludes halogenated alkanes) is 2. The van der Waals surface area contributed by atoms with Crippen LogP contribution in [0.5, 0.6) is 0 Å². The lowest BCUT2D eigenvalue weighted by atomic mass is 10.0. The molecule has 0 spiro atoms. The molecule has 1 heterocycles. The first-order chi connectivity index (χ1) is 11.7. The fraction of sp³-hybridized carbons (Fsp3) is 0.238. The molecule has 1 aromatic carbocycles. The zero-order valence-corrected chi connectivity index (χ0v) is 13.9. The van der Waals surface area contributed by atoms with Crippen LogP contribution in [0.3, 0.4) is 0 Å². The van der Waals surface area contributed by atoms with Crippen molar-refractivity contribution in [2.75, 3.05) is 0 Å². The van der Waals surface area contributed by atoms with Crippen LogP contribution in [-0.2, 0) is 16.1 Å². The summed E-state index contributed by atoms with van der Waals surface area (Å²) in [5.74, 6) is 0.0419. The molecule has 0 fully saturated rings. The Morgan fingerprint density at radius 2 is 1.92 bits per heavy atom. The largest absolute Gasteiger partial charge is 0.307 e. The summed E-state index contributed by atoms with van der Waals surface area (Å²) < 4.78 is 0. The molecule has 0 unspecified atom stereocenters. The van der Waals surface area contributed by atoms with Crippen LogP contribution in [0.2, 0.25) is 0 Å². The molecule has 1 aromatic rings. The van der Waals surface area contributed by atoms with Gasteiger partial charge < -0.3 is 9.69 Å². The minimum atomic E-state index is 0.0419. The van der Waals surface area contributed by atoms with Crippen LogP contribution < -0.4 is 0 Å². The molecule has 2 rings (SSSR count). The molecule has 3 nitrogen and oxygen atoms in total. The molecule has 0 aromatic heterocycles. The third-order valence-corrected chi connectivity index (χ3v) is 4.09. The van der Waals surface area contributed by atoms with Gasteiger partial charge in [0.15, 0.2) is 0 Å². The first-order valence-corrected chi connectivity index (χ1v) is 8.20. The highest BCUT2D eigenvalue weighted by atomic mass is 16.2. The first-order valence-electron chi connectivity index (χ1n) is 8.20. The molecule has 0 bridgehead atoms. The molecule has 1 aliphatic heterocycles. The van der Waals surface area contributed by atoms with E-state index in [0.717, 1.165) is 35.1 Å². The summed E-state index contributed by atoms with van der Waals surface area (Å²) >= 11 is 0. The summed E-state index contributed by atoms with van der Waals surface area (Å²) in [5, 5.41) is 0. The molecular weight excluding hydrogens is 298 g/mol. The zero-order valence-electron chi connectivity index (χ0n) is 13.9. The van der Waals surface area contributed by atoms with Crippen molar-refractivity contribution in [2.45, 2.75) is 32.2 Å². The molecule has 3 heteroatoms. The lowest BCUT2D eigenvalue weighted by molar-refractivity contribution is -0.129. The average molecular weight is 321 g/mol. The fourth-order valence-corrected chi connectivity index (χ4v) is 2.78. The second-order valence-corrected chi connectivity index (χ2v) is 5.67. The number of nitrogens with zero attached hydrogens (tertiary/aromatic N) is 1. The monoisotopic (exact) mass is 321 g/mol. The number of rotatable bonds is 7. The molecule has 0 radical (unpaired) electrons. The summed E-state index contributed by atoms with van der Waals surface area (Å²) in [7, 11) is 0. The number of carbonyl (C=O) groups excluding carboxylic acids is 2. The number of aldehydes is 1. The molecule has 0 saturated carbocycles. The Balaban J connectivity index is 2.34. The predicted octanol–water partition coefficient (Wildman–Crippen LogP) is 4.43. The summed E-state index contributed by atoms with van der Waals surface area (Å²) in [6.07, 6.45) is 10.7. The van der Waals surface area contributed by atoms with Gasteiger partial charge in [0, 0.05) is 12.8 Å². The van der Waals surface area contributed by atoms with Gasteiger partial charge in [-0.05, 0) is 35.6 Å². The Morgan fingerprint density at radius 3 is 2.62 bits per heavy atom. The zero-order chi connectivity index (χ0) is 17.4. The van der Waals surface area contributed by atoms with Gasteiger partial charge in [-0.3, -0.25) is 4.79 Å². The highest BCUT2D eigenvalue weighted by Gasteiger charge is 2.20. The van der Waals surface area contributed by atoms with E-state index in [2.05, 4.69) is 13.2 Å². The lowest BCUT2D eigenvalue weighted by Crippen LogP contribution is -2.30. The smallest absolute Gasteiger partial charge is 0.227 e. The predicted molar refractivity (Wildman–Crippen MR) is 98.0 cm³/mol. The van der Waals surface area contributed by atoms with E-state index in [4.69, 9.17) is 0 Å². The number of amides is 1. The standard InChI is InChI=1S/C21H23NO2/c1-3-17-13-14-18-10-7-8-11-19(18)16-22(20(17)4-2)21(24)12-6-5-9-15-23/h3-4,7-8,10-11,13-15H,1-2,5-6,9,12,16H2/b14-13-,20-17-. The van der Waals surface area contributed by atoms with Gasteiger partial charge in [-0.1, -0.05) is 55.7 Å². The topological polar surface area (TPSA) is 37.4 Å². The maximum Gasteiger partial charge on any atom is 0.227 e. The summed E-state index contributed by atoms with van der Waals surface area (Å²) in [6.45, 7) is 8.24. The van der Waals surface area contributed by atoms with Crippen molar-refractivity contribution in [1.29, 1.82) is 0 Å². The Morgan fingerprint density at radius 1 is 1.12 bits per heavy atom. The molecule has 0 N–H and O–H groups in total. The van der Waals surface area contributed by atoms with Crippen molar-refractivity contribution in [1.82, 2.24) is 4.90 Å². The lowest BCUT2D eigenvalue weighted by Gasteiger charge is -2.27. The molecule has 24 heavy (non-hydrogen) atoms. The van der Waals surface area contributed by atoms with Gasteiger partial charge in [-0.2, -0.15) is 0 Å². The van der Waals surface area contributed by atoms with E-state index in [1.807, 2.05) is 36.4 Å². The van der Waals surface area contributed by atoms with E-state index in [-0.39, 0.29) is 5.91 Å². The van der Waals surface area contributed by atoms with E-state index in [1.165, 1.54) is 0 Å². The van der Waals surface area contributed by atoms with Crippen molar-refractivity contribution < 1.29 is 9.59 Å². The van der Waals surface area contributed by atoms with Gasteiger partial charge >= 0.3 is 0 Å². The molecule has 0 atom stereocenters. The van der Waals surface area contributed by atoms with Crippen LogP contribution in [0.25, 0.3) is 6.08 Å². The van der Waals surface area contributed by atoms with E-state index in [9.17, 15) is 9.59 Å². The van der Waals surface area contributed by atoms with Crippen LogP contribution in [-0.4, -0.2) is 17.1 Å². The number of hydrogen-bond acceptors (Lipinski definition) is 2. The van der Waals surface area contributed by atoms with Gasteiger partial charge in [0.1, 0.15) is 6.29 Å². The molecule has 0 aliphatic carbocycles. The van der Waals surface area contributed by atoms with Crippen LogP contribution in [0, 0.1) is 0 Å². The molecule has 0 saturated heterocycles. The summed E-state index contributed by atoms with van der Waals surface area (Å²) in [6, 6.07) is 8.04. The Kier molecular flexibility index (Phi) is 6.50. The Labute approximate surface area is 143 Å². The minimum Gasteiger partial charge on any atom is -0.307 e. The second kappa shape index (κ2) is 8.82. The number of benzene rings is 1. The van der Waals surface area contributed by atoms with Crippen molar-refractivity contribution in [3.63, 3.8) is 0 Å². The van der Waals surface area contributed by atoms with E-state index in [1.54, 1.807) is 17.1 Å². The maximum atomic E-state index is 12.8. The van der Waals surface area contributed by atoms with Crippen LogP contribution in [0.1, 0.15) is 36.8 Å². The van der Waals surface area contributed by atoms with Gasteiger partial charge in [0.25, 0.3) is 0 Å². The van der Waals surface area contributed by atoms with Crippen LogP contribution in [0.15, 0.2) is 66.9 Å². The maximum absolute atomic E-state index is 12.8. The highest BCUT2D eigenvalue weighted by Crippen LogP contribution is 2.25. The molecular formula is C21H23NO2. The van der Waals surface area contributed by atoms with E-state index >= 15 is 0 Å². The fourth-order valence-electron chi connectivity index (χ4n) is 2.78. The highest BCUT2D eigenvalue weighted by molar-refractivity contribution is 5.80. The SMILES string of the molecule is C=CC1=C(\C=C)N(C(=O)CCCCC=O)Cc2ccccc2/C=C\1. The average Bonchev–Trinajstić information content (AvgIpc) is 2.59. The Hall–Kier alpha value is -2.68. The van der Waals surface area contributed by atoms with Gasteiger partial charge in [0.2, 0.25) is 5.91 Å². The van der Waals surface area contributed by atoms with Crippen molar-refractivity contribution in [3.8, 4) is 0 Å². The number of hydrogen-bond donors (Lipinski definition) is 0. The van der Waals surface area contributed by atoms with Gasteiger partial charge in [-0.15, -0.1) is 0 Å². The van der Waals surface area contributed by atoms with E-state index in [0.29, 0.717) is 25.8 Å². The van der Waals surface area contributed by atoms with Crippen molar-refractivity contribution >= 4 is 18.3 Å².